The Kier molecular flexibility index (Phi) is 5.94. The van der Waals surface area contributed by atoms with Crippen LogP contribution in [0.15, 0.2) is 24.3 Å². The number of carbonyl (C=O) groups is 2. The van der Waals surface area contributed by atoms with Crippen LogP contribution in [0.3, 0.4) is 0 Å². The normalized spacial score (nSPS) is 12.5. The van der Waals surface area contributed by atoms with Crippen molar-refractivity contribution < 1.29 is 9.59 Å². The van der Waals surface area contributed by atoms with E-state index in [0.717, 1.165) is 24.8 Å². The Labute approximate surface area is 116 Å². The Balaban J connectivity index is 2.87. The molecule has 0 amide bonds. The third-order valence-corrected chi connectivity index (χ3v) is 3.87. The van der Waals surface area contributed by atoms with Gasteiger partial charge in [0.05, 0.1) is 0 Å². The standard InChI is InChI=1S/C17H24O2/c1-5-12(4)16(18)14-8-10-15(11-9-14)17(19)13(6-2)7-3/h8-13H,5-7H2,1-4H3. The maximum absolute atomic E-state index is 12.2. The molecule has 104 valence electrons. The first-order valence-electron chi connectivity index (χ1n) is 7.23. The molecule has 0 heterocycles. The molecule has 19 heavy (non-hydrogen) atoms. The molecule has 0 N–H and O–H groups in total. The van der Waals surface area contributed by atoms with Crippen molar-refractivity contribution in [3.8, 4) is 0 Å². The minimum atomic E-state index is 0.0422. The zero-order valence-corrected chi connectivity index (χ0v) is 12.4. The van der Waals surface area contributed by atoms with Crippen LogP contribution in [0.4, 0.5) is 0 Å². The number of hydrogen-bond donors (Lipinski definition) is 0. The fourth-order valence-corrected chi connectivity index (χ4v) is 2.16. The van der Waals surface area contributed by atoms with Gasteiger partial charge in [-0.05, 0) is 19.3 Å². The summed E-state index contributed by atoms with van der Waals surface area (Å²) in [6, 6.07) is 7.14. The average molecular weight is 260 g/mol. The molecule has 0 spiro atoms. The Hall–Kier alpha value is -1.44. The highest BCUT2D eigenvalue weighted by molar-refractivity contribution is 6.01. The summed E-state index contributed by atoms with van der Waals surface area (Å²) >= 11 is 0. The summed E-state index contributed by atoms with van der Waals surface area (Å²) in [6.45, 7) is 8.01. The zero-order valence-electron chi connectivity index (χ0n) is 12.4. The van der Waals surface area contributed by atoms with Crippen LogP contribution in [0.25, 0.3) is 0 Å². The highest BCUT2D eigenvalue weighted by Gasteiger charge is 2.17. The second-order valence-electron chi connectivity index (χ2n) is 5.13. The first-order chi connectivity index (χ1) is 9.04. The molecule has 0 bridgehead atoms. The first-order valence-corrected chi connectivity index (χ1v) is 7.23. The minimum absolute atomic E-state index is 0.0422. The summed E-state index contributed by atoms with van der Waals surface area (Å²) in [5, 5.41) is 0. The topological polar surface area (TPSA) is 34.1 Å². The van der Waals surface area contributed by atoms with E-state index in [2.05, 4.69) is 0 Å². The van der Waals surface area contributed by atoms with Gasteiger partial charge in [-0.2, -0.15) is 0 Å². The van der Waals surface area contributed by atoms with E-state index in [0.29, 0.717) is 5.56 Å². The monoisotopic (exact) mass is 260 g/mol. The van der Waals surface area contributed by atoms with Gasteiger partial charge in [-0.25, -0.2) is 0 Å². The largest absolute Gasteiger partial charge is 0.294 e. The van der Waals surface area contributed by atoms with Crippen LogP contribution in [-0.2, 0) is 0 Å². The molecule has 0 aliphatic rings. The van der Waals surface area contributed by atoms with E-state index >= 15 is 0 Å². The fourth-order valence-electron chi connectivity index (χ4n) is 2.16. The molecule has 1 aromatic rings. The van der Waals surface area contributed by atoms with Crippen molar-refractivity contribution in [1.82, 2.24) is 0 Å². The van der Waals surface area contributed by atoms with Crippen molar-refractivity contribution in [3.05, 3.63) is 35.4 Å². The molecule has 0 saturated carbocycles. The highest BCUT2D eigenvalue weighted by atomic mass is 16.1. The number of ketones is 2. The van der Waals surface area contributed by atoms with Gasteiger partial charge in [-0.3, -0.25) is 9.59 Å². The van der Waals surface area contributed by atoms with Gasteiger partial charge in [0.2, 0.25) is 0 Å². The molecule has 2 heteroatoms. The molecule has 0 fully saturated rings. The number of benzene rings is 1. The zero-order chi connectivity index (χ0) is 14.4. The van der Waals surface area contributed by atoms with Gasteiger partial charge in [-0.1, -0.05) is 52.0 Å². The van der Waals surface area contributed by atoms with E-state index in [1.54, 1.807) is 24.3 Å². The van der Waals surface area contributed by atoms with E-state index in [-0.39, 0.29) is 23.4 Å². The van der Waals surface area contributed by atoms with Crippen molar-refractivity contribution in [2.45, 2.75) is 47.0 Å². The van der Waals surface area contributed by atoms with Gasteiger partial charge in [0.1, 0.15) is 0 Å². The van der Waals surface area contributed by atoms with Crippen LogP contribution in [0.2, 0.25) is 0 Å². The van der Waals surface area contributed by atoms with E-state index in [4.69, 9.17) is 0 Å². The van der Waals surface area contributed by atoms with Gasteiger partial charge in [0, 0.05) is 23.0 Å². The summed E-state index contributed by atoms with van der Waals surface area (Å²) in [5.41, 5.74) is 1.42. The minimum Gasteiger partial charge on any atom is -0.294 e. The van der Waals surface area contributed by atoms with Crippen LogP contribution in [0.5, 0.6) is 0 Å². The van der Waals surface area contributed by atoms with Gasteiger partial charge >= 0.3 is 0 Å². The number of rotatable bonds is 7. The molecular formula is C17H24O2. The van der Waals surface area contributed by atoms with Crippen molar-refractivity contribution in [2.24, 2.45) is 11.8 Å². The van der Waals surface area contributed by atoms with Crippen LogP contribution < -0.4 is 0 Å². The fraction of sp³-hybridized carbons (Fsp3) is 0.529. The lowest BCUT2D eigenvalue weighted by atomic mass is 9.91. The van der Waals surface area contributed by atoms with Gasteiger partial charge < -0.3 is 0 Å². The molecule has 1 atom stereocenters. The van der Waals surface area contributed by atoms with Crippen LogP contribution in [0.1, 0.15) is 67.7 Å². The number of carbonyl (C=O) groups excluding carboxylic acids is 2. The molecule has 0 radical (unpaired) electrons. The summed E-state index contributed by atoms with van der Waals surface area (Å²) in [4.78, 5) is 24.2. The van der Waals surface area contributed by atoms with Gasteiger partial charge in [0.15, 0.2) is 11.6 Å². The van der Waals surface area contributed by atoms with Crippen molar-refractivity contribution in [3.63, 3.8) is 0 Å². The lowest BCUT2D eigenvalue weighted by Crippen LogP contribution is -2.14. The smallest absolute Gasteiger partial charge is 0.165 e. The molecular weight excluding hydrogens is 236 g/mol. The number of Topliss-reactive ketones (excluding diaryl/α,β-unsaturated/α-hetero) is 2. The van der Waals surface area contributed by atoms with Gasteiger partial charge in [-0.15, -0.1) is 0 Å². The van der Waals surface area contributed by atoms with Crippen LogP contribution in [-0.4, -0.2) is 11.6 Å². The third kappa shape index (κ3) is 3.76. The van der Waals surface area contributed by atoms with E-state index in [9.17, 15) is 9.59 Å². The third-order valence-electron chi connectivity index (χ3n) is 3.87. The predicted octanol–water partition coefficient (Wildman–Crippen LogP) is 4.53. The molecule has 1 unspecified atom stereocenters. The Morgan fingerprint density at radius 2 is 1.26 bits per heavy atom. The maximum Gasteiger partial charge on any atom is 0.165 e. The van der Waals surface area contributed by atoms with Crippen LogP contribution in [0, 0.1) is 11.8 Å². The summed E-state index contributed by atoms with van der Waals surface area (Å²) < 4.78 is 0. The SMILES string of the molecule is CCC(C)C(=O)c1ccc(C(=O)C(CC)CC)cc1. The Morgan fingerprint density at radius 1 is 0.842 bits per heavy atom. The number of hydrogen-bond acceptors (Lipinski definition) is 2. The molecule has 1 rings (SSSR count). The lowest BCUT2D eigenvalue weighted by Gasteiger charge is -2.12. The average Bonchev–Trinajstić information content (AvgIpc) is 2.47. The predicted molar refractivity (Wildman–Crippen MR) is 78.6 cm³/mol. The molecule has 0 aliphatic carbocycles. The second kappa shape index (κ2) is 7.22. The van der Waals surface area contributed by atoms with Gasteiger partial charge in [0.25, 0.3) is 0 Å². The quantitative estimate of drug-likeness (QED) is 0.675. The molecule has 0 aromatic heterocycles. The van der Waals surface area contributed by atoms with Crippen LogP contribution >= 0.6 is 0 Å². The Morgan fingerprint density at radius 3 is 1.63 bits per heavy atom. The van der Waals surface area contributed by atoms with E-state index in [1.165, 1.54) is 0 Å². The Bertz CT molecular complexity index is 427. The summed E-state index contributed by atoms with van der Waals surface area (Å²) in [6.07, 6.45) is 2.57. The summed E-state index contributed by atoms with van der Waals surface area (Å²) in [5.74, 6) is 0.480. The molecule has 0 aliphatic heterocycles. The van der Waals surface area contributed by atoms with Crippen molar-refractivity contribution in [1.29, 1.82) is 0 Å². The second-order valence-corrected chi connectivity index (χ2v) is 5.13. The lowest BCUT2D eigenvalue weighted by molar-refractivity contribution is 0.0907. The van der Waals surface area contributed by atoms with Crippen molar-refractivity contribution in [2.75, 3.05) is 0 Å². The highest BCUT2D eigenvalue weighted by Crippen LogP contribution is 2.18. The van der Waals surface area contributed by atoms with Crippen molar-refractivity contribution >= 4 is 11.6 Å². The first kappa shape index (κ1) is 15.6. The van der Waals surface area contributed by atoms with E-state index < -0.39 is 0 Å². The molecule has 0 saturated heterocycles. The summed E-state index contributed by atoms with van der Waals surface area (Å²) in [7, 11) is 0. The molecule has 1 aromatic carbocycles. The maximum atomic E-state index is 12.2. The van der Waals surface area contributed by atoms with E-state index in [1.807, 2.05) is 27.7 Å². The molecule has 2 nitrogen and oxygen atoms in total.